The summed E-state index contributed by atoms with van der Waals surface area (Å²) in [7, 11) is 1.72. The van der Waals surface area contributed by atoms with E-state index in [1.165, 1.54) is 5.56 Å². The van der Waals surface area contributed by atoms with Crippen molar-refractivity contribution in [1.82, 2.24) is 19.5 Å². The quantitative estimate of drug-likeness (QED) is 0.197. The summed E-state index contributed by atoms with van der Waals surface area (Å²) in [5, 5.41) is 2.77. The third-order valence-electron chi connectivity index (χ3n) is 9.17. The van der Waals surface area contributed by atoms with Crippen LogP contribution in [-0.2, 0) is 11.3 Å². The maximum atomic E-state index is 14.3. The normalized spacial score (nSPS) is 15.4. The standard InChI is InChI=1S/C37H36ClN5O3/c1-3-32(40(2)37(45)46-34-28-16-9-7-14-26(28)27-15-8-10-17-29(27)34)35-39-31-19-11-18-30(38)33(31)36(44)43(35)42-22-20-41(21-23-42)24-25-12-5-4-6-13-25/h4-19,32,34H,3,20-24H2,1-2H3/t32-/m0/s1. The molecule has 0 N–H and O–H groups in total. The number of aromatic nitrogens is 2. The number of benzene rings is 4. The molecule has 9 heteroatoms. The van der Waals surface area contributed by atoms with Crippen molar-refractivity contribution in [2.75, 3.05) is 38.2 Å². The molecule has 0 spiro atoms. The van der Waals surface area contributed by atoms with Gasteiger partial charge in [0.15, 0.2) is 11.9 Å². The van der Waals surface area contributed by atoms with Crippen LogP contribution in [0.5, 0.6) is 0 Å². The third kappa shape index (κ3) is 5.42. The van der Waals surface area contributed by atoms with Gasteiger partial charge in [-0.05, 0) is 35.2 Å². The van der Waals surface area contributed by atoms with Crippen LogP contribution in [0, 0.1) is 0 Å². The lowest BCUT2D eigenvalue weighted by molar-refractivity contribution is 0.0710. The molecule has 46 heavy (non-hydrogen) atoms. The third-order valence-corrected chi connectivity index (χ3v) is 9.48. The van der Waals surface area contributed by atoms with E-state index in [4.69, 9.17) is 21.3 Å². The van der Waals surface area contributed by atoms with Crippen LogP contribution in [0.1, 0.15) is 48.0 Å². The molecule has 4 aromatic carbocycles. The van der Waals surface area contributed by atoms with Crippen molar-refractivity contribution in [3.63, 3.8) is 0 Å². The second-order valence-corrected chi connectivity index (χ2v) is 12.3. The van der Waals surface area contributed by atoms with E-state index in [0.29, 0.717) is 41.3 Å². The predicted molar refractivity (Wildman–Crippen MR) is 182 cm³/mol. The minimum absolute atomic E-state index is 0.235. The van der Waals surface area contributed by atoms with Gasteiger partial charge >= 0.3 is 6.09 Å². The molecule has 0 unspecified atom stereocenters. The highest BCUT2D eigenvalue weighted by molar-refractivity contribution is 6.35. The Kier molecular flexibility index (Phi) is 8.23. The van der Waals surface area contributed by atoms with Crippen LogP contribution in [0.2, 0.25) is 5.02 Å². The molecule has 0 bridgehead atoms. The molecule has 1 aliphatic carbocycles. The molecule has 0 radical (unpaired) electrons. The van der Waals surface area contributed by atoms with E-state index in [1.54, 1.807) is 34.8 Å². The first-order valence-corrected chi connectivity index (χ1v) is 16.2. The molecule has 1 aromatic heterocycles. The maximum Gasteiger partial charge on any atom is 0.411 e. The SMILES string of the molecule is CC[C@@H](c1nc2cccc(Cl)c2c(=O)n1N1CCN(Cc2ccccc2)CC1)N(C)C(=O)OC1c2ccccc2-c2ccccc21. The summed E-state index contributed by atoms with van der Waals surface area (Å²) < 4.78 is 7.91. The topological polar surface area (TPSA) is 70.9 Å². The molecule has 1 saturated heterocycles. The van der Waals surface area contributed by atoms with E-state index >= 15 is 0 Å². The van der Waals surface area contributed by atoms with Gasteiger partial charge < -0.3 is 14.6 Å². The van der Waals surface area contributed by atoms with Gasteiger partial charge in [-0.1, -0.05) is 103 Å². The molecule has 1 fully saturated rings. The first-order valence-electron chi connectivity index (χ1n) is 15.8. The molecule has 1 aliphatic heterocycles. The van der Waals surface area contributed by atoms with Crippen LogP contribution in [0.25, 0.3) is 22.0 Å². The highest BCUT2D eigenvalue weighted by Crippen LogP contribution is 2.45. The number of hydrogen-bond acceptors (Lipinski definition) is 6. The van der Waals surface area contributed by atoms with Crippen LogP contribution >= 0.6 is 11.6 Å². The monoisotopic (exact) mass is 633 g/mol. The molecule has 7 rings (SSSR count). The van der Waals surface area contributed by atoms with Gasteiger partial charge in [-0.25, -0.2) is 14.5 Å². The summed E-state index contributed by atoms with van der Waals surface area (Å²) in [5.41, 5.74) is 5.58. The van der Waals surface area contributed by atoms with Crippen molar-refractivity contribution in [2.45, 2.75) is 32.0 Å². The average molecular weight is 634 g/mol. The van der Waals surface area contributed by atoms with Crippen molar-refractivity contribution in [1.29, 1.82) is 0 Å². The van der Waals surface area contributed by atoms with E-state index in [9.17, 15) is 9.59 Å². The lowest BCUT2D eigenvalue weighted by Gasteiger charge is -2.39. The van der Waals surface area contributed by atoms with Crippen molar-refractivity contribution >= 4 is 28.6 Å². The molecule has 234 valence electrons. The summed E-state index contributed by atoms with van der Waals surface area (Å²) in [5.74, 6) is 0.491. The van der Waals surface area contributed by atoms with Gasteiger partial charge in [0.25, 0.3) is 5.56 Å². The van der Waals surface area contributed by atoms with Gasteiger partial charge in [0, 0.05) is 50.9 Å². The van der Waals surface area contributed by atoms with Crippen LogP contribution in [0.15, 0.2) is 102 Å². The number of nitrogens with zero attached hydrogens (tertiary/aromatic N) is 5. The summed E-state index contributed by atoms with van der Waals surface area (Å²) in [6.07, 6.45) is -0.484. The highest BCUT2D eigenvalue weighted by atomic mass is 35.5. The van der Waals surface area contributed by atoms with Crippen molar-refractivity contribution in [2.24, 2.45) is 0 Å². The second-order valence-electron chi connectivity index (χ2n) is 11.9. The number of rotatable bonds is 7. The number of carbonyl (C=O) groups is 1. The Morgan fingerprint density at radius 1 is 0.891 bits per heavy atom. The Morgan fingerprint density at radius 2 is 1.52 bits per heavy atom. The average Bonchev–Trinajstić information content (AvgIpc) is 3.39. The number of carbonyl (C=O) groups excluding carboxylic acids is 1. The van der Waals surface area contributed by atoms with Crippen molar-refractivity contribution in [3.8, 4) is 11.1 Å². The van der Waals surface area contributed by atoms with Gasteiger partial charge in [-0.15, -0.1) is 0 Å². The molecule has 5 aromatic rings. The second kappa shape index (κ2) is 12.6. The molecule has 8 nitrogen and oxygen atoms in total. The largest absolute Gasteiger partial charge is 0.436 e. The van der Waals surface area contributed by atoms with Gasteiger partial charge in [-0.2, -0.15) is 0 Å². The van der Waals surface area contributed by atoms with E-state index in [-0.39, 0.29) is 5.56 Å². The number of hydrogen-bond donors (Lipinski definition) is 0. The van der Waals surface area contributed by atoms with Crippen LogP contribution < -0.4 is 10.6 Å². The zero-order valence-electron chi connectivity index (χ0n) is 26.0. The molecule has 2 heterocycles. The molecule has 0 saturated carbocycles. The Labute approximate surface area is 273 Å². The van der Waals surface area contributed by atoms with Crippen LogP contribution in [0.4, 0.5) is 4.79 Å². The maximum absolute atomic E-state index is 14.3. The van der Waals surface area contributed by atoms with Crippen LogP contribution in [0.3, 0.4) is 0 Å². The summed E-state index contributed by atoms with van der Waals surface area (Å²) >= 11 is 6.58. The van der Waals surface area contributed by atoms with Gasteiger partial charge in [0.2, 0.25) is 0 Å². The number of piperazine rings is 1. The summed E-state index contributed by atoms with van der Waals surface area (Å²) in [6, 6.07) is 31.2. The minimum atomic E-state index is -0.530. The Balaban J connectivity index is 1.20. The lowest BCUT2D eigenvalue weighted by atomic mass is 10.1. The number of amides is 1. The fourth-order valence-electron chi connectivity index (χ4n) is 6.80. The van der Waals surface area contributed by atoms with E-state index < -0.39 is 18.2 Å². The number of ether oxygens (including phenoxy) is 1. The van der Waals surface area contributed by atoms with Gasteiger partial charge in [0.1, 0.15) is 0 Å². The summed E-state index contributed by atoms with van der Waals surface area (Å²) in [4.78, 5) is 37.2. The van der Waals surface area contributed by atoms with Gasteiger partial charge in [0.05, 0.1) is 22.0 Å². The Hall–Kier alpha value is -4.66. The Bertz CT molecular complexity index is 1910. The fourth-order valence-corrected chi connectivity index (χ4v) is 7.05. The lowest BCUT2D eigenvalue weighted by Crippen LogP contribution is -2.55. The zero-order valence-corrected chi connectivity index (χ0v) is 26.7. The molecule has 1 amide bonds. The minimum Gasteiger partial charge on any atom is -0.436 e. The molecule has 2 aliphatic rings. The number of halogens is 1. The first kappa shape index (κ1) is 30.0. The van der Waals surface area contributed by atoms with Crippen molar-refractivity contribution in [3.05, 3.63) is 135 Å². The fraction of sp³-hybridized carbons (Fsp3) is 0.270. The van der Waals surface area contributed by atoms with Crippen molar-refractivity contribution < 1.29 is 9.53 Å². The highest BCUT2D eigenvalue weighted by Gasteiger charge is 2.35. The van der Waals surface area contributed by atoms with Crippen LogP contribution in [-0.4, -0.2) is 58.8 Å². The molecular formula is C37H36ClN5O3. The zero-order chi connectivity index (χ0) is 31.8. The summed E-state index contributed by atoms with van der Waals surface area (Å²) in [6.45, 7) is 5.63. The van der Waals surface area contributed by atoms with E-state index in [0.717, 1.165) is 41.9 Å². The predicted octanol–water partition coefficient (Wildman–Crippen LogP) is 6.79. The van der Waals surface area contributed by atoms with E-state index in [1.807, 2.05) is 54.4 Å². The molecule has 1 atom stereocenters. The van der Waals surface area contributed by atoms with Gasteiger partial charge in [-0.3, -0.25) is 9.69 Å². The van der Waals surface area contributed by atoms with E-state index in [2.05, 4.69) is 41.3 Å². The number of fused-ring (bicyclic) bond motifs is 4. The molecular weight excluding hydrogens is 598 g/mol. The first-order chi connectivity index (χ1) is 22.4. The Morgan fingerprint density at radius 3 is 2.17 bits per heavy atom. The smallest absolute Gasteiger partial charge is 0.411 e.